The number of nitrogens with zero attached hydrogens (tertiary/aromatic N) is 2. The van der Waals surface area contributed by atoms with Crippen molar-refractivity contribution in [3.8, 4) is 6.07 Å². The Morgan fingerprint density at radius 2 is 2.14 bits per heavy atom. The minimum atomic E-state index is -0.393. The summed E-state index contributed by atoms with van der Waals surface area (Å²) in [6, 6.07) is 11.2. The van der Waals surface area contributed by atoms with Crippen LogP contribution in [-0.2, 0) is 0 Å². The standard InChI is InChI=1S/C18H27N3/c1-4-11-20-18(13-19,16-9-10-16)14-21(5-2)17-8-6-7-15(3)12-17/h6-8,12,16,20H,4-5,9-11,14H2,1-3H3. The van der Waals surface area contributed by atoms with Crippen molar-refractivity contribution in [2.24, 2.45) is 5.92 Å². The van der Waals surface area contributed by atoms with Crippen LogP contribution >= 0.6 is 0 Å². The normalized spacial score (nSPS) is 17.0. The highest BCUT2D eigenvalue weighted by molar-refractivity contribution is 5.49. The van der Waals surface area contributed by atoms with Crippen LogP contribution in [0.25, 0.3) is 0 Å². The van der Waals surface area contributed by atoms with Crippen LogP contribution in [-0.4, -0.2) is 25.2 Å². The highest BCUT2D eigenvalue weighted by Gasteiger charge is 2.46. The first-order valence-corrected chi connectivity index (χ1v) is 8.13. The molecule has 2 rings (SSSR count). The molecule has 1 N–H and O–H groups in total. The van der Waals surface area contributed by atoms with Crippen molar-refractivity contribution in [3.63, 3.8) is 0 Å². The molecule has 21 heavy (non-hydrogen) atoms. The van der Waals surface area contributed by atoms with Crippen LogP contribution in [0.5, 0.6) is 0 Å². The van der Waals surface area contributed by atoms with E-state index in [4.69, 9.17) is 0 Å². The summed E-state index contributed by atoms with van der Waals surface area (Å²) in [5.74, 6) is 0.507. The molecule has 1 aliphatic carbocycles. The van der Waals surface area contributed by atoms with Crippen molar-refractivity contribution in [1.29, 1.82) is 5.26 Å². The summed E-state index contributed by atoms with van der Waals surface area (Å²) in [4.78, 5) is 2.33. The van der Waals surface area contributed by atoms with E-state index in [2.05, 4.69) is 61.3 Å². The number of nitriles is 1. The second-order valence-electron chi connectivity index (χ2n) is 6.14. The summed E-state index contributed by atoms with van der Waals surface area (Å²) in [5, 5.41) is 13.4. The maximum absolute atomic E-state index is 9.82. The van der Waals surface area contributed by atoms with Crippen LogP contribution in [0.3, 0.4) is 0 Å². The fourth-order valence-corrected chi connectivity index (χ4v) is 2.93. The molecule has 0 radical (unpaired) electrons. The lowest BCUT2D eigenvalue weighted by Gasteiger charge is -2.35. The summed E-state index contributed by atoms with van der Waals surface area (Å²) >= 11 is 0. The number of hydrogen-bond acceptors (Lipinski definition) is 3. The maximum atomic E-state index is 9.82. The van der Waals surface area contributed by atoms with Crippen molar-refractivity contribution in [2.45, 2.75) is 45.6 Å². The molecule has 0 aromatic heterocycles. The van der Waals surface area contributed by atoms with Gasteiger partial charge < -0.3 is 4.90 Å². The lowest BCUT2D eigenvalue weighted by atomic mass is 9.93. The Morgan fingerprint density at radius 1 is 1.38 bits per heavy atom. The van der Waals surface area contributed by atoms with Gasteiger partial charge >= 0.3 is 0 Å². The molecule has 0 amide bonds. The van der Waals surface area contributed by atoms with Gasteiger partial charge in [-0.05, 0) is 63.3 Å². The average Bonchev–Trinajstić information content (AvgIpc) is 3.33. The fourth-order valence-electron chi connectivity index (χ4n) is 2.93. The molecule has 1 saturated carbocycles. The van der Waals surface area contributed by atoms with Crippen LogP contribution in [0.4, 0.5) is 5.69 Å². The highest BCUT2D eigenvalue weighted by atomic mass is 15.2. The van der Waals surface area contributed by atoms with Crippen LogP contribution < -0.4 is 10.2 Å². The molecular formula is C18H27N3. The van der Waals surface area contributed by atoms with Gasteiger partial charge in [0.1, 0.15) is 5.54 Å². The molecule has 3 heteroatoms. The van der Waals surface area contributed by atoms with E-state index in [1.807, 2.05) is 0 Å². The Bertz CT molecular complexity index is 501. The summed E-state index contributed by atoms with van der Waals surface area (Å²) in [5.41, 5.74) is 2.09. The van der Waals surface area contributed by atoms with E-state index in [9.17, 15) is 5.26 Å². The van der Waals surface area contributed by atoms with E-state index in [1.54, 1.807) is 0 Å². The van der Waals surface area contributed by atoms with Crippen LogP contribution in [0.2, 0.25) is 0 Å². The Labute approximate surface area is 129 Å². The molecule has 1 aromatic carbocycles. The van der Waals surface area contributed by atoms with Gasteiger partial charge in [-0.15, -0.1) is 0 Å². The fraction of sp³-hybridized carbons (Fsp3) is 0.611. The number of likely N-dealkylation sites (N-methyl/N-ethyl adjacent to an activating group) is 1. The monoisotopic (exact) mass is 285 g/mol. The second kappa shape index (κ2) is 6.95. The summed E-state index contributed by atoms with van der Waals surface area (Å²) in [6.07, 6.45) is 3.41. The number of anilines is 1. The van der Waals surface area contributed by atoms with E-state index in [0.717, 1.165) is 26.1 Å². The van der Waals surface area contributed by atoms with Crippen molar-refractivity contribution in [1.82, 2.24) is 5.32 Å². The first kappa shape index (κ1) is 15.9. The van der Waals surface area contributed by atoms with E-state index < -0.39 is 5.54 Å². The van der Waals surface area contributed by atoms with Gasteiger partial charge in [0.05, 0.1) is 6.07 Å². The molecule has 3 nitrogen and oxygen atoms in total. The lowest BCUT2D eigenvalue weighted by Crippen LogP contribution is -2.54. The summed E-state index contributed by atoms with van der Waals surface area (Å²) in [6.45, 7) is 9.04. The summed E-state index contributed by atoms with van der Waals surface area (Å²) in [7, 11) is 0. The van der Waals surface area contributed by atoms with Crippen molar-refractivity contribution in [3.05, 3.63) is 29.8 Å². The molecule has 1 unspecified atom stereocenters. The maximum Gasteiger partial charge on any atom is 0.127 e. The zero-order valence-electron chi connectivity index (χ0n) is 13.5. The third-order valence-electron chi connectivity index (χ3n) is 4.35. The van der Waals surface area contributed by atoms with E-state index in [1.165, 1.54) is 24.1 Å². The van der Waals surface area contributed by atoms with Gasteiger partial charge in [0.25, 0.3) is 0 Å². The minimum Gasteiger partial charge on any atom is -0.369 e. The van der Waals surface area contributed by atoms with Gasteiger partial charge in [0.2, 0.25) is 0 Å². The third-order valence-corrected chi connectivity index (χ3v) is 4.35. The molecule has 0 aliphatic heterocycles. The van der Waals surface area contributed by atoms with Gasteiger partial charge in [-0.25, -0.2) is 0 Å². The highest BCUT2D eigenvalue weighted by Crippen LogP contribution is 2.40. The van der Waals surface area contributed by atoms with Gasteiger partial charge in [-0.2, -0.15) is 5.26 Å². The summed E-state index contributed by atoms with van der Waals surface area (Å²) < 4.78 is 0. The molecule has 0 bridgehead atoms. The number of aryl methyl sites for hydroxylation is 1. The molecule has 114 valence electrons. The zero-order chi connectivity index (χ0) is 15.3. The number of hydrogen-bond donors (Lipinski definition) is 1. The Hall–Kier alpha value is -1.53. The SMILES string of the molecule is CCCNC(C#N)(CN(CC)c1cccc(C)c1)C1CC1. The smallest absolute Gasteiger partial charge is 0.127 e. The van der Waals surface area contributed by atoms with E-state index in [0.29, 0.717) is 5.92 Å². The van der Waals surface area contributed by atoms with Gasteiger partial charge in [0.15, 0.2) is 0 Å². The number of benzene rings is 1. The molecule has 0 heterocycles. The van der Waals surface area contributed by atoms with Crippen molar-refractivity contribution >= 4 is 5.69 Å². The average molecular weight is 285 g/mol. The number of rotatable bonds is 8. The quantitative estimate of drug-likeness (QED) is 0.794. The molecule has 1 fully saturated rings. The van der Waals surface area contributed by atoms with Crippen LogP contribution in [0.15, 0.2) is 24.3 Å². The molecule has 0 spiro atoms. The second-order valence-corrected chi connectivity index (χ2v) is 6.14. The van der Waals surface area contributed by atoms with Gasteiger partial charge in [0, 0.05) is 18.8 Å². The first-order chi connectivity index (χ1) is 10.1. The number of nitrogens with one attached hydrogen (secondary N) is 1. The first-order valence-electron chi connectivity index (χ1n) is 8.13. The van der Waals surface area contributed by atoms with Gasteiger partial charge in [-0.1, -0.05) is 19.1 Å². The molecule has 1 aromatic rings. The van der Waals surface area contributed by atoms with E-state index >= 15 is 0 Å². The topological polar surface area (TPSA) is 39.1 Å². The van der Waals surface area contributed by atoms with E-state index in [-0.39, 0.29) is 0 Å². The molecule has 1 aliphatic rings. The van der Waals surface area contributed by atoms with Crippen LogP contribution in [0, 0.1) is 24.2 Å². The largest absolute Gasteiger partial charge is 0.369 e. The predicted octanol–water partition coefficient (Wildman–Crippen LogP) is 3.49. The lowest BCUT2D eigenvalue weighted by molar-refractivity contribution is 0.365. The zero-order valence-corrected chi connectivity index (χ0v) is 13.5. The van der Waals surface area contributed by atoms with Crippen molar-refractivity contribution < 1.29 is 0 Å². The predicted molar refractivity (Wildman–Crippen MR) is 88.4 cm³/mol. The molecular weight excluding hydrogens is 258 g/mol. The Morgan fingerprint density at radius 3 is 2.67 bits per heavy atom. The van der Waals surface area contributed by atoms with Gasteiger partial charge in [-0.3, -0.25) is 5.32 Å². The minimum absolute atomic E-state index is 0.393. The Balaban J connectivity index is 2.19. The molecule has 1 atom stereocenters. The third kappa shape index (κ3) is 3.77. The molecule has 0 saturated heterocycles. The van der Waals surface area contributed by atoms with Crippen molar-refractivity contribution in [2.75, 3.05) is 24.5 Å². The Kier molecular flexibility index (Phi) is 5.25. The van der Waals surface area contributed by atoms with Crippen LogP contribution in [0.1, 0.15) is 38.7 Å².